The molecule has 19 heavy (non-hydrogen) atoms. The quantitative estimate of drug-likeness (QED) is 0.845. The molecule has 1 heterocycles. The first kappa shape index (κ1) is 12.3. The van der Waals surface area contributed by atoms with E-state index in [1.54, 1.807) is 18.2 Å². The summed E-state index contributed by atoms with van der Waals surface area (Å²) in [5.41, 5.74) is 6.62. The summed E-state index contributed by atoms with van der Waals surface area (Å²) in [6.07, 6.45) is 4.21. The predicted octanol–water partition coefficient (Wildman–Crippen LogP) is 1.41. The highest BCUT2D eigenvalue weighted by atomic mass is 16.7. The molecule has 1 aromatic rings. The van der Waals surface area contributed by atoms with Crippen molar-refractivity contribution in [1.29, 1.82) is 0 Å². The number of carbonyl (C=O) groups is 1. The maximum atomic E-state index is 12.2. The zero-order valence-electron chi connectivity index (χ0n) is 10.7. The third-order valence-corrected chi connectivity index (χ3v) is 3.77. The number of rotatable bonds is 2. The van der Waals surface area contributed by atoms with E-state index in [-0.39, 0.29) is 24.8 Å². The second-order valence-electron chi connectivity index (χ2n) is 5.10. The van der Waals surface area contributed by atoms with E-state index in [2.05, 4.69) is 5.32 Å². The van der Waals surface area contributed by atoms with E-state index in [1.807, 2.05) is 0 Å². The fourth-order valence-corrected chi connectivity index (χ4v) is 2.63. The van der Waals surface area contributed by atoms with Crippen LogP contribution in [-0.4, -0.2) is 24.8 Å². The molecule has 2 atom stereocenters. The van der Waals surface area contributed by atoms with Crippen LogP contribution in [0.2, 0.25) is 0 Å². The molecule has 1 fully saturated rings. The molecule has 3 N–H and O–H groups in total. The van der Waals surface area contributed by atoms with Crippen LogP contribution in [0, 0.1) is 0 Å². The molecule has 102 valence electrons. The van der Waals surface area contributed by atoms with Crippen LogP contribution in [0.1, 0.15) is 36.0 Å². The number of fused-ring (bicyclic) bond motifs is 1. The number of amides is 1. The van der Waals surface area contributed by atoms with E-state index in [1.165, 1.54) is 0 Å². The highest BCUT2D eigenvalue weighted by Gasteiger charge is 2.24. The first-order valence-corrected chi connectivity index (χ1v) is 6.70. The van der Waals surface area contributed by atoms with Crippen molar-refractivity contribution in [2.24, 2.45) is 5.73 Å². The van der Waals surface area contributed by atoms with Crippen molar-refractivity contribution in [2.45, 2.75) is 37.8 Å². The first-order chi connectivity index (χ1) is 9.24. The van der Waals surface area contributed by atoms with Crippen LogP contribution >= 0.6 is 0 Å². The Morgan fingerprint density at radius 1 is 1.21 bits per heavy atom. The minimum absolute atomic E-state index is 0.0618. The molecule has 0 spiro atoms. The normalized spacial score (nSPS) is 25.1. The summed E-state index contributed by atoms with van der Waals surface area (Å²) in [6, 6.07) is 5.36. The van der Waals surface area contributed by atoms with Crippen LogP contribution in [0.25, 0.3) is 0 Å². The highest BCUT2D eigenvalue weighted by Crippen LogP contribution is 2.32. The van der Waals surface area contributed by atoms with Gasteiger partial charge in [-0.3, -0.25) is 4.79 Å². The number of hydrogen-bond donors (Lipinski definition) is 2. The molecule has 1 aliphatic heterocycles. The molecule has 1 amide bonds. The van der Waals surface area contributed by atoms with Crippen molar-refractivity contribution in [3.8, 4) is 11.5 Å². The standard InChI is InChI=1S/C14H18N2O3/c15-10-3-1-2-4-11(10)16-14(17)9-5-6-12-13(7-9)19-8-18-12/h5-7,10-11H,1-4,8,15H2,(H,16,17). The SMILES string of the molecule is NC1CCCCC1NC(=O)c1ccc2c(c1)OCO2. The lowest BCUT2D eigenvalue weighted by molar-refractivity contribution is 0.0921. The summed E-state index contributed by atoms with van der Waals surface area (Å²) in [5.74, 6) is 1.21. The van der Waals surface area contributed by atoms with Gasteiger partial charge in [0, 0.05) is 17.6 Å². The lowest BCUT2D eigenvalue weighted by atomic mass is 9.91. The van der Waals surface area contributed by atoms with E-state index in [0.717, 1.165) is 25.7 Å². The molecule has 5 heteroatoms. The molecule has 3 rings (SSSR count). The fraction of sp³-hybridized carbons (Fsp3) is 0.500. The Labute approximate surface area is 112 Å². The van der Waals surface area contributed by atoms with Gasteiger partial charge in [0.25, 0.3) is 5.91 Å². The van der Waals surface area contributed by atoms with Gasteiger partial charge in [0.05, 0.1) is 0 Å². The van der Waals surface area contributed by atoms with Gasteiger partial charge in [-0.05, 0) is 31.0 Å². The van der Waals surface area contributed by atoms with Gasteiger partial charge in [0.2, 0.25) is 6.79 Å². The minimum Gasteiger partial charge on any atom is -0.454 e. The van der Waals surface area contributed by atoms with Crippen molar-refractivity contribution < 1.29 is 14.3 Å². The first-order valence-electron chi connectivity index (χ1n) is 6.70. The van der Waals surface area contributed by atoms with Gasteiger partial charge in [-0.2, -0.15) is 0 Å². The zero-order chi connectivity index (χ0) is 13.2. The van der Waals surface area contributed by atoms with Crippen molar-refractivity contribution in [2.75, 3.05) is 6.79 Å². The molecule has 0 radical (unpaired) electrons. The van der Waals surface area contributed by atoms with Gasteiger partial charge < -0.3 is 20.5 Å². The fourth-order valence-electron chi connectivity index (χ4n) is 2.63. The summed E-state index contributed by atoms with van der Waals surface area (Å²) >= 11 is 0. The van der Waals surface area contributed by atoms with E-state index < -0.39 is 0 Å². The zero-order valence-corrected chi connectivity index (χ0v) is 10.7. The second-order valence-corrected chi connectivity index (χ2v) is 5.10. The third-order valence-electron chi connectivity index (χ3n) is 3.77. The van der Waals surface area contributed by atoms with E-state index >= 15 is 0 Å². The van der Waals surface area contributed by atoms with Gasteiger partial charge in [0.15, 0.2) is 11.5 Å². The van der Waals surface area contributed by atoms with Crippen LogP contribution in [0.3, 0.4) is 0 Å². The lowest BCUT2D eigenvalue weighted by Crippen LogP contribution is -2.49. The summed E-state index contributed by atoms with van der Waals surface area (Å²) in [7, 11) is 0. The summed E-state index contributed by atoms with van der Waals surface area (Å²) in [4.78, 5) is 12.2. The summed E-state index contributed by atoms with van der Waals surface area (Å²) < 4.78 is 10.5. The Hall–Kier alpha value is -1.75. The Bertz CT molecular complexity index is 490. The smallest absolute Gasteiger partial charge is 0.251 e. The Morgan fingerprint density at radius 2 is 2.00 bits per heavy atom. The summed E-state index contributed by atoms with van der Waals surface area (Å²) in [5, 5.41) is 3.02. The lowest BCUT2D eigenvalue weighted by Gasteiger charge is -2.29. The Morgan fingerprint density at radius 3 is 2.84 bits per heavy atom. The van der Waals surface area contributed by atoms with Crippen LogP contribution in [0.15, 0.2) is 18.2 Å². The largest absolute Gasteiger partial charge is 0.454 e. The average Bonchev–Trinajstić information content (AvgIpc) is 2.88. The van der Waals surface area contributed by atoms with Crippen LogP contribution in [0.5, 0.6) is 11.5 Å². The predicted molar refractivity (Wildman–Crippen MR) is 70.3 cm³/mol. The van der Waals surface area contributed by atoms with Crippen molar-refractivity contribution in [3.63, 3.8) is 0 Å². The van der Waals surface area contributed by atoms with E-state index in [0.29, 0.717) is 17.1 Å². The molecule has 1 aromatic carbocycles. The highest BCUT2D eigenvalue weighted by molar-refractivity contribution is 5.95. The molecule has 1 aliphatic carbocycles. The molecular weight excluding hydrogens is 244 g/mol. The van der Waals surface area contributed by atoms with Gasteiger partial charge >= 0.3 is 0 Å². The topological polar surface area (TPSA) is 73.6 Å². The number of nitrogens with two attached hydrogens (primary N) is 1. The molecule has 1 saturated carbocycles. The number of nitrogens with one attached hydrogen (secondary N) is 1. The van der Waals surface area contributed by atoms with Crippen molar-refractivity contribution in [1.82, 2.24) is 5.32 Å². The molecule has 0 bridgehead atoms. The number of carbonyl (C=O) groups excluding carboxylic acids is 1. The molecule has 5 nitrogen and oxygen atoms in total. The minimum atomic E-state index is -0.0966. The van der Waals surface area contributed by atoms with E-state index in [9.17, 15) is 4.79 Å². The Balaban J connectivity index is 1.70. The maximum absolute atomic E-state index is 12.2. The van der Waals surface area contributed by atoms with Gasteiger partial charge in [-0.25, -0.2) is 0 Å². The summed E-state index contributed by atoms with van der Waals surface area (Å²) in [6.45, 7) is 0.216. The molecule has 2 aliphatic rings. The van der Waals surface area contributed by atoms with Crippen LogP contribution in [0.4, 0.5) is 0 Å². The van der Waals surface area contributed by atoms with Crippen LogP contribution in [-0.2, 0) is 0 Å². The number of ether oxygens (including phenoxy) is 2. The van der Waals surface area contributed by atoms with Gasteiger partial charge in [-0.15, -0.1) is 0 Å². The van der Waals surface area contributed by atoms with E-state index in [4.69, 9.17) is 15.2 Å². The number of hydrogen-bond acceptors (Lipinski definition) is 4. The maximum Gasteiger partial charge on any atom is 0.251 e. The monoisotopic (exact) mass is 262 g/mol. The molecule has 0 saturated heterocycles. The second kappa shape index (κ2) is 5.09. The molecular formula is C14H18N2O3. The van der Waals surface area contributed by atoms with Crippen molar-refractivity contribution in [3.05, 3.63) is 23.8 Å². The molecule has 0 aromatic heterocycles. The van der Waals surface area contributed by atoms with Gasteiger partial charge in [-0.1, -0.05) is 12.8 Å². The Kier molecular flexibility index (Phi) is 3.29. The average molecular weight is 262 g/mol. The third kappa shape index (κ3) is 2.51. The molecule has 2 unspecified atom stereocenters. The van der Waals surface area contributed by atoms with Gasteiger partial charge in [0.1, 0.15) is 0 Å². The number of benzene rings is 1. The van der Waals surface area contributed by atoms with Crippen LogP contribution < -0.4 is 20.5 Å². The van der Waals surface area contributed by atoms with Crippen molar-refractivity contribution >= 4 is 5.91 Å².